The Labute approximate surface area is 209 Å². The molecule has 10 heteroatoms. The van der Waals surface area contributed by atoms with E-state index in [0.717, 1.165) is 12.8 Å². The van der Waals surface area contributed by atoms with Crippen LogP contribution in [0.3, 0.4) is 0 Å². The molecule has 192 valence electrons. The van der Waals surface area contributed by atoms with Crippen LogP contribution >= 0.6 is 0 Å². The number of Topliss-reactive ketones (excluding diaryl/α,β-unsaturated/α-hetero) is 1. The number of nitrogens with two attached hydrogens (primary N) is 1. The SMILES string of the molecule is CCCCOc1ccc(NC(=O)[C@H](CC(=O)O)CC(=O)CNC(=O)c2cccc(N=C(C)N)c2)cc1. The Kier molecular flexibility index (Phi) is 11.1. The lowest BCUT2D eigenvalue weighted by atomic mass is 9.97. The number of anilines is 1. The van der Waals surface area contributed by atoms with Crippen LogP contribution in [0.25, 0.3) is 0 Å². The number of unbranched alkanes of at least 4 members (excludes halogenated alkanes) is 1. The first-order valence-electron chi connectivity index (χ1n) is 11.6. The van der Waals surface area contributed by atoms with Crippen molar-refractivity contribution in [2.45, 2.75) is 39.5 Å². The average molecular weight is 497 g/mol. The summed E-state index contributed by atoms with van der Waals surface area (Å²) in [6.07, 6.45) is 1.08. The molecular formula is C26H32N4O6. The molecule has 2 rings (SSSR count). The fourth-order valence-electron chi connectivity index (χ4n) is 3.23. The van der Waals surface area contributed by atoms with E-state index >= 15 is 0 Å². The Morgan fingerprint density at radius 3 is 2.44 bits per heavy atom. The predicted molar refractivity (Wildman–Crippen MR) is 137 cm³/mol. The lowest BCUT2D eigenvalue weighted by molar-refractivity contribution is -0.140. The highest BCUT2D eigenvalue weighted by atomic mass is 16.5. The van der Waals surface area contributed by atoms with Crippen LogP contribution < -0.4 is 21.1 Å². The number of hydrogen-bond acceptors (Lipinski definition) is 6. The number of carbonyl (C=O) groups excluding carboxylic acids is 3. The molecule has 2 amide bonds. The second-order valence-electron chi connectivity index (χ2n) is 8.24. The Morgan fingerprint density at radius 1 is 1.08 bits per heavy atom. The van der Waals surface area contributed by atoms with Crippen LogP contribution in [-0.4, -0.2) is 47.7 Å². The van der Waals surface area contributed by atoms with Gasteiger partial charge in [0.15, 0.2) is 5.78 Å². The number of benzene rings is 2. The maximum absolute atomic E-state index is 12.7. The molecule has 5 N–H and O–H groups in total. The van der Waals surface area contributed by atoms with Gasteiger partial charge in [0.1, 0.15) is 5.75 Å². The van der Waals surface area contributed by atoms with Crippen LogP contribution in [0.5, 0.6) is 5.75 Å². The average Bonchev–Trinajstić information content (AvgIpc) is 2.83. The molecule has 0 radical (unpaired) electrons. The monoisotopic (exact) mass is 496 g/mol. The van der Waals surface area contributed by atoms with Crippen molar-refractivity contribution >= 4 is 40.8 Å². The van der Waals surface area contributed by atoms with E-state index in [1.165, 1.54) is 6.07 Å². The molecule has 0 saturated carbocycles. The molecule has 2 aromatic rings. The van der Waals surface area contributed by atoms with E-state index < -0.39 is 35.9 Å². The molecule has 0 fully saturated rings. The van der Waals surface area contributed by atoms with Crippen LogP contribution in [0.1, 0.15) is 49.9 Å². The van der Waals surface area contributed by atoms with Gasteiger partial charge in [-0.25, -0.2) is 4.99 Å². The molecule has 0 saturated heterocycles. The number of ketones is 1. The number of aliphatic carboxylic acids is 1. The zero-order valence-electron chi connectivity index (χ0n) is 20.5. The van der Waals surface area contributed by atoms with E-state index in [1.807, 2.05) is 0 Å². The molecular weight excluding hydrogens is 464 g/mol. The first-order valence-corrected chi connectivity index (χ1v) is 11.6. The molecule has 0 heterocycles. The molecule has 0 aliphatic rings. The lowest BCUT2D eigenvalue weighted by Crippen LogP contribution is -2.33. The number of carboxylic acids is 1. The van der Waals surface area contributed by atoms with Gasteiger partial charge in [-0.15, -0.1) is 0 Å². The first-order chi connectivity index (χ1) is 17.2. The normalized spacial score (nSPS) is 11.9. The van der Waals surface area contributed by atoms with E-state index in [0.29, 0.717) is 29.6 Å². The van der Waals surface area contributed by atoms with Crippen LogP contribution in [-0.2, 0) is 14.4 Å². The minimum absolute atomic E-state index is 0.284. The van der Waals surface area contributed by atoms with Crippen molar-refractivity contribution in [2.75, 3.05) is 18.5 Å². The van der Waals surface area contributed by atoms with Gasteiger partial charge >= 0.3 is 5.97 Å². The van der Waals surface area contributed by atoms with Gasteiger partial charge in [-0.2, -0.15) is 0 Å². The maximum Gasteiger partial charge on any atom is 0.304 e. The summed E-state index contributed by atoms with van der Waals surface area (Å²) in [5, 5.41) is 14.3. The molecule has 0 aliphatic heterocycles. The van der Waals surface area contributed by atoms with Crippen LogP contribution in [0, 0.1) is 5.92 Å². The Hall–Kier alpha value is -4.21. The number of nitrogens with one attached hydrogen (secondary N) is 2. The number of ether oxygens (including phenoxy) is 1. The Morgan fingerprint density at radius 2 is 1.81 bits per heavy atom. The highest BCUT2D eigenvalue weighted by Gasteiger charge is 2.25. The van der Waals surface area contributed by atoms with Crippen LogP contribution in [0.2, 0.25) is 0 Å². The molecule has 0 bridgehead atoms. The molecule has 2 aromatic carbocycles. The summed E-state index contributed by atoms with van der Waals surface area (Å²) in [6, 6.07) is 13.1. The van der Waals surface area contributed by atoms with Crippen molar-refractivity contribution in [1.29, 1.82) is 0 Å². The summed E-state index contributed by atoms with van der Waals surface area (Å²) < 4.78 is 5.58. The first kappa shape index (κ1) is 28.0. The third-order valence-corrected chi connectivity index (χ3v) is 5.01. The minimum atomic E-state index is -1.21. The van der Waals surface area contributed by atoms with Crippen molar-refractivity contribution in [1.82, 2.24) is 5.32 Å². The smallest absolute Gasteiger partial charge is 0.304 e. The van der Waals surface area contributed by atoms with Crippen molar-refractivity contribution in [2.24, 2.45) is 16.6 Å². The topological polar surface area (TPSA) is 160 Å². The Bertz CT molecular complexity index is 1090. The number of amidine groups is 1. The van der Waals surface area contributed by atoms with Crippen LogP contribution in [0.15, 0.2) is 53.5 Å². The molecule has 0 spiro atoms. The molecule has 0 unspecified atom stereocenters. The van der Waals surface area contributed by atoms with E-state index in [1.54, 1.807) is 49.4 Å². The third kappa shape index (κ3) is 9.96. The quantitative estimate of drug-likeness (QED) is 0.177. The molecule has 1 atom stereocenters. The van der Waals surface area contributed by atoms with Gasteiger partial charge in [-0.1, -0.05) is 19.4 Å². The van der Waals surface area contributed by atoms with Crippen molar-refractivity contribution < 1.29 is 29.0 Å². The van der Waals surface area contributed by atoms with Gasteiger partial charge in [0, 0.05) is 17.7 Å². The summed E-state index contributed by atoms with van der Waals surface area (Å²) in [6.45, 7) is 3.92. The summed E-state index contributed by atoms with van der Waals surface area (Å²) in [5.74, 6) is -2.89. The fraction of sp³-hybridized carbons (Fsp3) is 0.346. The van der Waals surface area contributed by atoms with Gasteiger partial charge in [0.25, 0.3) is 5.91 Å². The van der Waals surface area contributed by atoms with Gasteiger partial charge in [0.05, 0.1) is 37.0 Å². The van der Waals surface area contributed by atoms with E-state index in [2.05, 4.69) is 22.5 Å². The van der Waals surface area contributed by atoms with Crippen LogP contribution in [0.4, 0.5) is 11.4 Å². The summed E-state index contributed by atoms with van der Waals surface area (Å²) >= 11 is 0. The van der Waals surface area contributed by atoms with Gasteiger partial charge in [-0.3, -0.25) is 19.2 Å². The van der Waals surface area contributed by atoms with Crippen molar-refractivity contribution in [3.8, 4) is 5.75 Å². The zero-order valence-corrected chi connectivity index (χ0v) is 20.5. The standard InChI is InChI=1S/C26H32N4O6/c1-3-4-12-36-23-10-8-20(9-11-23)30-26(35)19(15-24(32)33)14-22(31)16-28-25(34)18-6-5-7-21(13-18)29-17(2)27/h5-11,13,19H,3-4,12,14-16H2,1-2H3,(H2,27,29)(H,28,34)(H,30,35)(H,32,33)/t19-/m0/s1. The second-order valence-corrected chi connectivity index (χ2v) is 8.24. The van der Waals surface area contributed by atoms with Crippen molar-refractivity contribution in [3.63, 3.8) is 0 Å². The third-order valence-electron chi connectivity index (χ3n) is 5.01. The van der Waals surface area contributed by atoms with E-state index in [-0.39, 0.29) is 18.5 Å². The second kappa shape index (κ2) is 14.2. The number of amides is 2. The number of rotatable bonds is 14. The number of aliphatic imine (C=N–C) groups is 1. The summed E-state index contributed by atoms with van der Waals surface area (Å²) in [5.41, 5.74) is 6.79. The molecule has 36 heavy (non-hydrogen) atoms. The number of nitrogens with zero attached hydrogens (tertiary/aromatic N) is 1. The summed E-state index contributed by atoms with van der Waals surface area (Å²) in [7, 11) is 0. The minimum Gasteiger partial charge on any atom is -0.494 e. The zero-order chi connectivity index (χ0) is 26.5. The highest BCUT2D eigenvalue weighted by molar-refractivity contribution is 6.00. The molecule has 0 aromatic heterocycles. The predicted octanol–water partition coefficient (Wildman–Crippen LogP) is 3.29. The van der Waals surface area contributed by atoms with Gasteiger partial charge in [-0.05, 0) is 55.8 Å². The number of carbonyl (C=O) groups is 4. The van der Waals surface area contributed by atoms with Gasteiger partial charge < -0.3 is 26.2 Å². The van der Waals surface area contributed by atoms with Crippen molar-refractivity contribution in [3.05, 3.63) is 54.1 Å². The fourth-order valence-corrected chi connectivity index (χ4v) is 3.23. The van der Waals surface area contributed by atoms with E-state index in [4.69, 9.17) is 10.5 Å². The molecule has 0 aliphatic carbocycles. The highest BCUT2D eigenvalue weighted by Crippen LogP contribution is 2.19. The van der Waals surface area contributed by atoms with Gasteiger partial charge in [0.2, 0.25) is 5.91 Å². The Balaban J connectivity index is 1.94. The van der Waals surface area contributed by atoms with E-state index in [9.17, 15) is 24.3 Å². The number of carboxylic acid groups (broad SMARTS) is 1. The molecule has 10 nitrogen and oxygen atoms in total. The number of hydrogen-bond donors (Lipinski definition) is 4. The summed E-state index contributed by atoms with van der Waals surface area (Å²) in [4.78, 5) is 52.9. The lowest BCUT2D eigenvalue weighted by Gasteiger charge is -2.15. The maximum atomic E-state index is 12.7. The largest absolute Gasteiger partial charge is 0.494 e.